The molecule has 21 heavy (non-hydrogen) atoms. The number of hydrazine groups is 1. The highest BCUT2D eigenvalue weighted by atomic mass is 79.9. The number of nitrogens with two attached hydrogens (primary N) is 1. The van der Waals surface area contributed by atoms with Gasteiger partial charge in [0, 0.05) is 39.5 Å². The third kappa shape index (κ3) is 5.43. The summed E-state index contributed by atoms with van der Waals surface area (Å²) < 4.78 is 1.10. The van der Waals surface area contributed by atoms with Gasteiger partial charge in [0.25, 0.3) is 0 Å². The van der Waals surface area contributed by atoms with Crippen LogP contribution in [0.1, 0.15) is 18.2 Å². The maximum absolute atomic E-state index is 5.67. The van der Waals surface area contributed by atoms with Crippen molar-refractivity contribution in [2.75, 3.05) is 5.75 Å². The van der Waals surface area contributed by atoms with Gasteiger partial charge in [0.2, 0.25) is 0 Å². The summed E-state index contributed by atoms with van der Waals surface area (Å²) in [6.45, 7) is 2.13. The van der Waals surface area contributed by atoms with Gasteiger partial charge in [-0.1, -0.05) is 28.9 Å². The van der Waals surface area contributed by atoms with Crippen LogP contribution >= 0.6 is 27.7 Å². The minimum Gasteiger partial charge on any atom is -0.271 e. The van der Waals surface area contributed by atoms with Gasteiger partial charge in [-0.15, -0.1) is 11.8 Å². The van der Waals surface area contributed by atoms with E-state index in [-0.39, 0.29) is 6.04 Å². The summed E-state index contributed by atoms with van der Waals surface area (Å²) in [5, 5.41) is 0. The van der Waals surface area contributed by atoms with E-state index in [0.717, 1.165) is 28.8 Å². The van der Waals surface area contributed by atoms with Crippen LogP contribution < -0.4 is 11.3 Å². The van der Waals surface area contributed by atoms with Crippen molar-refractivity contribution in [3.8, 4) is 0 Å². The van der Waals surface area contributed by atoms with Crippen LogP contribution in [0.25, 0.3) is 0 Å². The second-order valence-electron chi connectivity index (χ2n) is 4.84. The summed E-state index contributed by atoms with van der Waals surface area (Å²) in [5.41, 5.74) is 5.23. The van der Waals surface area contributed by atoms with Crippen molar-refractivity contribution >= 4 is 27.7 Å². The highest BCUT2D eigenvalue weighted by molar-refractivity contribution is 9.10. The SMILES string of the molecule is CCc1ccc(CC(CSc2ccc(Br)cc2)NN)nc1. The molecule has 112 valence electrons. The Hall–Kier alpha value is -0.880. The molecule has 1 atom stereocenters. The molecular formula is C16H20BrN3S. The third-order valence-electron chi connectivity index (χ3n) is 3.25. The predicted molar refractivity (Wildman–Crippen MR) is 93.3 cm³/mol. The molecule has 0 aliphatic carbocycles. The molecule has 1 aromatic carbocycles. The smallest absolute Gasteiger partial charge is 0.0420 e. The molecule has 0 bridgehead atoms. The zero-order chi connectivity index (χ0) is 15.1. The van der Waals surface area contributed by atoms with E-state index in [1.165, 1.54) is 10.5 Å². The van der Waals surface area contributed by atoms with E-state index in [4.69, 9.17) is 5.84 Å². The molecule has 1 aromatic heterocycles. The zero-order valence-corrected chi connectivity index (χ0v) is 14.5. The van der Waals surface area contributed by atoms with Crippen molar-refractivity contribution < 1.29 is 0 Å². The van der Waals surface area contributed by atoms with Gasteiger partial charge in [-0.2, -0.15) is 0 Å². The number of nitrogens with zero attached hydrogens (tertiary/aromatic N) is 1. The van der Waals surface area contributed by atoms with E-state index in [2.05, 4.69) is 69.7 Å². The van der Waals surface area contributed by atoms with Gasteiger partial charge >= 0.3 is 0 Å². The minimum atomic E-state index is 0.207. The molecule has 0 amide bonds. The summed E-state index contributed by atoms with van der Waals surface area (Å²) in [6, 6.07) is 12.8. The lowest BCUT2D eigenvalue weighted by molar-refractivity contribution is 0.569. The first-order valence-corrected chi connectivity index (χ1v) is 8.77. The molecule has 2 aromatic rings. The van der Waals surface area contributed by atoms with Crippen LogP contribution in [0, 0.1) is 0 Å². The molecule has 1 unspecified atom stereocenters. The lowest BCUT2D eigenvalue weighted by Crippen LogP contribution is -2.38. The topological polar surface area (TPSA) is 50.9 Å². The lowest BCUT2D eigenvalue weighted by atomic mass is 10.1. The molecule has 3 nitrogen and oxygen atoms in total. The van der Waals surface area contributed by atoms with Crippen LogP contribution in [0.2, 0.25) is 0 Å². The van der Waals surface area contributed by atoms with Crippen LogP contribution in [-0.2, 0) is 12.8 Å². The van der Waals surface area contributed by atoms with Crippen molar-refractivity contribution in [2.24, 2.45) is 5.84 Å². The average Bonchev–Trinajstić information content (AvgIpc) is 2.53. The van der Waals surface area contributed by atoms with Gasteiger partial charge in [-0.3, -0.25) is 16.3 Å². The van der Waals surface area contributed by atoms with Crippen molar-refractivity contribution in [1.29, 1.82) is 0 Å². The fourth-order valence-corrected chi connectivity index (χ4v) is 3.13. The second kappa shape index (κ2) is 8.54. The summed E-state index contributed by atoms with van der Waals surface area (Å²) in [6.07, 6.45) is 3.81. The number of pyridine rings is 1. The molecular weight excluding hydrogens is 346 g/mol. The third-order valence-corrected chi connectivity index (χ3v) is 4.95. The first kappa shape index (κ1) is 16.5. The predicted octanol–water partition coefficient (Wildman–Crippen LogP) is 3.57. The maximum atomic E-state index is 5.67. The van der Waals surface area contributed by atoms with Crippen molar-refractivity contribution in [1.82, 2.24) is 10.4 Å². The molecule has 0 radical (unpaired) electrons. The average molecular weight is 366 g/mol. The first-order chi connectivity index (χ1) is 10.2. The molecule has 0 saturated heterocycles. The summed E-state index contributed by atoms with van der Waals surface area (Å²) in [7, 11) is 0. The van der Waals surface area contributed by atoms with Crippen LogP contribution in [0.3, 0.4) is 0 Å². The van der Waals surface area contributed by atoms with Crippen LogP contribution in [0.15, 0.2) is 52.0 Å². The zero-order valence-electron chi connectivity index (χ0n) is 12.1. The van der Waals surface area contributed by atoms with Crippen LogP contribution in [-0.4, -0.2) is 16.8 Å². The normalized spacial score (nSPS) is 12.3. The molecule has 0 spiro atoms. The van der Waals surface area contributed by atoms with E-state index in [1.54, 1.807) is 11.8 Å². The fourth-order valence-electron chi connectivity index (χ4n) is 1.93. The molecule has 3 N–H and O–H groups in total. The Balaban J connectivity index is 1.88. The Bertz CT molecular complexity index is 542. The quantitative estimate of drug-likeness (QED) is 0.447. The molecule has 2 rings (SSSR count). The number of halogens is 1. The van der Waals surface area contributed by atoms with Crippen molar-refractivity contribution in [3.63, 3.8) is 0 Å². The highest BCUT2D eigenvalue weighted by Gasteiger charge is 2.09. The molecule has 0 saturated carbocycles. The number of aromatic nitrogens is 1. The van der Waals surface area contributed by atoms with Gasteiger partial charge in [0.15, 0.2) is 0 Å². The van der Waals surface area contributed by atoms with Gasteiger partial charge in [-0.05, 0) is 42.3 Å². The number of benzene rings is 1. The van der Waals surface area contributed by atoms with E-state index in [1.807, 2.05) is 6.20 Å². The highest BCUT2D eigenvalue weighted by Crippen LogP contribution is 2.21. The van der Waals surface area contributed by atoms with E-state index in [0.29, 0.717) is 0 Å². The fraction of sp³-hybridized carbons (Fsp3) is 0.312. The van der Waals surface area contributed by atoms with Crippen molar-refractivity contribution in [3.05, 3.63) is 58.3 Å². The Morgan fingerprint density at radius 1 is 1.24 bits per heavy atom. The van der Waals surface area contributed by atoms with E-state index < -0.39 is 0 Å². The van der Waals surface area contributed by atoms with Gasteiger partial charge in [-0.25, -0.2) is 0 Å². The second-order valence-corrected chi connectivity index (χ2v) is 6.85. The Morgan fingerprint density at radius 2 is 2.00 bits per heavy atom. The van der Waals surface area contributed by atoms with Gasteiger partial charge < -0.3 is 0 Å². The summed E-state index contributed by atoms with van der Waals surface area (Å²) >= 11 is 5.24. The van der Waals surface area contributed by atoms with Crippen LogP contribution in [0.5, 0.6) is 0 Å². The minimum absolute atomic E-state index is 0.207. The number of aryl methyl sites for hydroxylation is 1. The van der Waals surface area contributed by atoms with E-state index >= 15 is 0 Å². The molecule has 0 aliphatic heterocycles. The number of nitrogens with one attached hydrogen (secondary N) is 1. The largest absolute Gasteiger partial charge is 0.271 e. The Labute approximate surface area is 138 Å². The number of hydrogen-bond donors (Lipinski definition) is 2. The standard InChI is InChI=1S/C16H20BrN3S/c1-2-12-3-6-14(19-10-12)9-15(20-18)11-21-16-7-4-13(17)5-8-16/h3-8,10,15,20H,2,9,11,18H2,1H3. The number of hydrogen-bond acceptors (Lipinski definition) is 4. The molecule has 1 heterocycles. The summed E-state index contributed by atoms with van der Waals surface area (Å²) in [4.78, 5) is 5.74. The lowest BCUT2D eigenvalue weighted by Gasteiger charge is -2.15. The molecule has 5 heteroatoms. The Kier molecular flexibility index (Phi) is 6.70. The number of rotatable bonds is 7. The first-order valence-electron chi connectivity index (χ1n) is 6.99. The monoisotopic (exact) mass is 365 g/mol. The maximum Gasteiger partial charge on any atom is 0.0420 e. The van der Waals surface area contributed by atoms with Gasteiger partial charge in [0.1, 0.15) is 0 Å². The van der Waals surface area contributed by atoms with E-state index in [9.17, 15) is 0 Å². The molecule has 0 fully saturated rings. The Morgan fingerprint density at radius 3 is 2.57 bits per heavy atom. The van der Waals surface area contributed by atoms with Crippen LogP contribution in [0.4, 0.5) is 0 Å². The van der Waals surface area contributed by atoms with Crippen molar-refractivity contribution in [2.45, 2.75) is 30.7 Å². The number of thioether (sulfide) groups is 1. The summed E-state index contributed by atoms with van der Waals surface area (Å²) in [5.74, 6) is 6.58. The molecule has 0 aliphatic rings. The van der Waals surface area contributed by atoms with Gasteiger partial charge in [0.05, 0.1) is 0 Å².